The van der Waals surface area contributed by atoms with E-state index in [1.165, 1.54) is 0 Å². The summed E-state index contributed by atoms with van der Waals surface area (Å²) in [6.07, 6.45) is 0. The van der Waals surface area contributed by atoms with E-state index in [0.29, 0.717) is 41.7 Å². The van der Waals surface area contributed by atoms with Crippen LogP contribution in [0, 0.1) is 5.92 Å². The van der Waals surface area contributed by atoms with E-state index in [9.17, 15) is 14.4 Å². The van der Waals surface area contributed by atoms with Crippen molar-refractivity contribution in [3.63, 3.8) is 0 Å². The van der Waals surface area contributed by atoms with E-state index in [0.717, 1.165) is 0 Å². The zero-order valence-electron chi connectivity index (χ0n) is 19.1. The lowest BCUT2D eigenvalue weighted by molar-refractivity contribution is -0.119. The fraction of sp³-hybridized carbons (Fsp3) is 0.375. The van der Waals surface area contributed by atoms with Crippen molar-refractivity contribution in [2.24, 2.45) is 5.92 Å². The molecule has 0 aromatic heterocycles. The molecule has 172 valence electrons. The zero-order valence-corrected chi connectivity index (χ0v) is 19.1. The number of benzene rings is 2. The molecule has 0 bridgehead atoms. The Labute approximate surface area is 189 Å². The number of carbonyl (C=O) groups excluding carboxylic acids is 3. The Balaban J connectivity index is 1.94. The van der Waals surface area contributed by atoms with Gasteiger partial charge in [0.1, 0.15) is 5.75 Å². The summed E-state index contributed by atoms with van der Waals surface area (Å²) in [5.74, 6) is 0.193. The van der Waals surface area contributed by atoms with E-state index in [-0.39, 0.29) is 30.8 Å². The number of ether oxygens (including phenoxy) is 1. The van der Waals surface area contributed by atoms with Gasteiger partial charge in [-0.3, -0.25) is 19.3 Å². The van der Waals surface area contributed by atoms with Gasteiger partial charge < -0.3 is 20.7 Å². The number of methoxy groups -OCH3 is 1. The number of hydrogen-bond acceptors (Lipinski definition) is 5. The standard InChI is InChI=1S/C24H32N4O4/c1-5-28(15-22(29)26-18-9-8-10-19(13-18)32-4)16-23(30)27-21-12-7-6-11-20(21)24(31)25-14-17(2)3/h6-13,17H,5,14-16H2,1-4H3,(H,25,31)(H,26,29)(H,27,30). The second-order valence-corrected chi connectivity index (χ2v) is 7.78. The summed E-state index contributed by atoms with van der Waals surface area (Å²) in [5.41, 5.74) is 1.46. The maximum Gasteiger partial charge on any atom is 0.253 e. The van der Waals surface area contributed by atoms with Gasteiger partial charge in [0.05, 0.1) is 31.5 Å². The summed E-state index contributed by atoms with van der Waals surface area (Å²) >= 11 is 0. The monoisotopic (exact) mass is 440 g/mol. The predicted octanol–water partition coefficient (Wildman–Crippen LogP) is 2.98. The van der Waals surface area contributed by atoms with E-state index in [1.54, 1.807) is 60.5 Å². The Kier molecular flexibility index (Phi) is 9.69. The fourth-order valence-electron chi connectivity index (χ4n) is 2.96. The van der Waals surface area contributed by atoms with Gasteiger partial charge in [0.25, 0.3) is 5.91 Å². The van der Waals surface area contributed by atoms with Gasteiger partial charge in [0, 0.05) is 18.3 Å². The molecule has 0 heterocycles. The number of anilines is 2. The average molecular weight is 441 g/mol. The molecule has 2 aromatic rings. The molecule has 8 heteroatoms. The number of rotatable bonds is 11. The van der Waals surface area contributed by atoms with Crippen LogP contribution in [-0.4, -0.2) is 55.9 Å². The van der Waals surface area contributed by atoms with Gasteiger partial charge in [-0.2, -0.15) is 0 Å². The smallest absolute Gasteiger partial charge is 0.253 e. The lowest BCUT2D eigenvalue weighted by atomic mass is 10.1. The van der Waals surface area contributed by atoms with Crippen LogP contribution in [0.2, 0.25) is 0 Å². The van der Waals surface area contributed by atoms with Crippen LogP contribution in [-0.2, 0) is 9.59 Å². The van der Waals surface area contributed by atoms with Gasteiger partial charge in [0.15, 0.2) is 0 Å². The van der Waals surface area contributed by atoms with Crippen molar-refractivity contribution in [2.45, 2.75) is 20.8 Å². The molecule has 0 saturated heterocycles. The van der Waals surface area contributed by atoms with Gasteiger partial charge in [0.2, 0.25) is 11.8 Å². The summed E-state index contributed by atoms with van der Waals surface area (Å²) in [5, 5.41) is 8.46. The molecule has 0 saturated carbocycles. The lowest BCUT2D eigenvalue weighted by Crippen LogP contribution is -2.39. The Morgan fingerprint density at radius 3 is 2.31 bits per heavy atom. The van der Waals surface area contributed by atoms with Crippen LogP contribution in [0.5, 0.6) is 5.75 Å². The first kappa shape index (κ1) is 24.9. The molecule has 32 heavy (non-hydrogen) atoms. The van der Waals surface area contributed by atoms with Crippen LogP contribution in [0.15, 0.2) is 48.5 Å². The number of amides is 3. The summed E-state index contributed by atoms with van der Waals surface area (Å²) in [6.45, 7) is 7.03. The quantitative estimate of drug-likeness (QED) is 0.499. The van der Waals surface area contributed by atoms with Crippen molar-refractivity contribution in [2.75, 3.05) is 43.9 Å². The molecule has 2 aromatic carbocycles. The van der Waals surface area contributed by atoms with Gasteiger partial charge in [-0.1, -0.05) is 39.0 Å². The third-order valence-corrected chi connectivity index (χ3v) is 4.65. The van der Waals surface area contributed by atoms with Crippen LogP contribution >= 0.6 is 0 Å². The average Bonchev–Trinajstić information content (AvgIpc) is 2.77. The molecule has 0 aliphatic rings. The minimum Gasteiger partial charge on any atom is -0.497 e. The third-order valence-electron chi connectivity index (χ3n) is 4.65. The number of hydrogen-bond donors (Lipinski definition) is 3. The lowest BCUT2D eigenvalue weighted by Gasteiger charge is -2.20. The van der Waals surface area contributed by atoms with E-state index in [2.05, 4.69) is 16.0 Å². The van der Waals surface area contributed by atoms with Crippen molar-refractivity contribution >= 4 is 29.1 Å². The summed E-state index contributed by atoms with van der Waals surface area (Å²) in [7, 11) is 1.56. The van der Waals surface area contributed by atoms with Crippen LogP contribution < -0.4 is 20.7 Å². The number of carbonyl (C=O) groups is 3. The van der Waals surface area contributed by atoms with Gasteiger partial charge >= 0.3 is 0 Å². The van der Waals surface area contributed by atoms with Crippen molar-refractivity contribution in [3.05, 3.63) is 54.1 Å². The van der Waals surface area contributed by atoms with E-state index in [4.69, 9.17) is 4.74 Å². The van der Waals surface area contributed by atoms with Crippen LogP contribution in [0.25, 0.3) is 0 Å². The second kappa shape index (κ2) is 12.5. The highest BCUT2D eigenvalue weighted by molar-refractivity contribution is 6.04. The van der Waals surface area contributed by atoms with E-state index >= 15 is 0 Å². The molecule has 3 amide bonds. The van der Waals surface area contributed by atoms with Crippen molar-refractivity contribution in [1.82, 2.24) is 10.2 Å². The van der Waals surface area contributed by atoms with Crippen LogP contribution in [0.4, 0.5) is 11.4 Å². The van der Waals surface area contributed by atoms with Gasteiger partial charge in [-0.05, 0) is 36.7 Å². The zero-order chi connectivity index (χ0) is 23.5. The maximum absolute atomic E-state index is 12.6. The van der Waals surface area contributed by atoms with Crippen LogP contribution in [0.1, 0.15) is 31.1 Å². The largest absolute Gasteiger partial charge is 0.497 e. The molecule has 0 fully saturated rings. The number of nitrogens with one attached hydrogen (secondary N) is 3. The predicted molar refractivity (Wildman–Crippen MR) is 126 cm³/mol. The highest BCUT2D eigenvalue weighted by Crippen LogP contribution is 2.17. The summed E-state index contributed by atoms with van der Waals surface area (Å²) < 4.78 is 5.16. The summed E-state index contributed by atoms with van der Waals surface area (Å²) in [6, 6.07) is 13.9. The molecule has 0 spiro atoms. The molecule has 0 unspecified atom stereocenters. The molecule has 0 aliphatic carbocycles. The number of para-hydroxylation sites is 1. The highest BCUT2D eigenvalue weighted by atomic mass is 16.5. The summed E-state index contributed by atoms with van der Waals surface area (Å²) in [4.78, 5) is 39.2. The Morgan fingerprint density at radius 2 is 1.66 bits per heavy atom. The maximum atomic E-state index is 12.6. The SMILES string of the molecule is CCN(CC(=O)Nc1cccc(OC)c1)CC(=O)Nc1ccccc1C(=O)NCC(C)C. The molecule has 8 nitrogen and oxygen atoms in total. The Morgan fingerprint density at radius 1 is 0.969 bits per heavy atom. The molecule has 0 radical (unpaired) electrons. The van der Waals surface area contributed by atoms with Gasteiger partial charge in [-0.15, -0.1) is 0 Å². The number of likely N-dealkylation sites (N-methyl/N-ethyl adjacent to an activating group) is 1. The molecular formula is C24H32N4O4. The Bertz CT molecular complexity index is 930. The molecule has 0 aliphatic heterocycles. The molecular weight excluding hydrogens is 408 g/mol. The first-order valence-corrected chi connectivity index (χ1v) is 10.7. The first-order chi connectivity index (χ1) is 15.3. The van der Waals surface area contributed by atoms with Crippen molar-refractivity contribution in [1.29, 1.82) is 0 Å². The normalized spacial score (nSPS) is 10.7. The highest BCUT2D eigenvalue weighted by Gasteiger charge is 2.17. The molecule has 3 N–H and O–H groups in total. The second-order valence-electron chi connectivity index (χ2n) is 7.78. The Hall–Kier alpha value is -3.39. The topological polar surface area (TPSA) is 99.8 Å². The van der Waals surface area contributed by atoms with Crippen molar-refractivity contribution < 1.29 is 19.1 Å². The third kappa shape index (κ3) is 8.03. The van der Waals surface area contributed by atoms with Crippen LogP contribution in [0.3, 0.4) is 0 Å². The van der Waals surface area contributed by atoms with E-state index in [1.807, 2.05) is 20.8 Å². The molecule has 2 rings (SSSR count). The first-order valence-electron chi connectivity index (χ1n) is 10.7. The fourth-order valence-corrected chi connectivity index (χ4v) is 2.96. The van der Waals surface area contributed by atoms with E-state index < -0.39 is 0 Å². The minimum atomic E-state index is -0.301. The van der Waals surface area contributed by atoms with Crippen molar-refractivity contribution in [3.8, 4) is 5.75 Å². The minimum absolute atomic E-state index is 0.0178. The number of nitrogens with zero attached hydrogens (tertiary/aromatic N) is 1. The molecule has 0 atom stereocenters. The van der Waals surface area contributed by atoms with Gasteiger partial charge in [-0.25, -0.2) is 0 Å².